The second-order valence-electron chi connectivity index (χ2n) is 2.36. The number of carbonyl (C=O) groups excluding carboxylic acids is 1. The molecule has 0 saturated carbocycles. The fourth-order valence-electron chi connectivity index (χ4n) is 0.982. The molecular weight excluding hydrogens is 158 g/mol. The SMILES string of the molecule is O=C([OH2+])c1ccc2n[nH]nc2c1. The van der Waals surface area contributed by atoms with Gasteiger partial charge in [-0.1, -0.05) is 0 Å². The molecule has 0 aliphatic heterocycles. The molecule has 12 heavy (non-hydrogen) atoms. The fraction of sp³-hybridized carbons (Fsp3) is 0. The van der Waals surface area contributed by atoms with Gasteiger partial charge in [0, 0.05) is 4.79 Å². The van der Waals surface area contributed by atoms with Crippen LogP contribution in [0.2, 0.25) is 0 Å². The number of benzene rings is 1. The van der Waals surface area contributed by atoms with Gasteiger partial charge in [-0.15, -0.1) is 0 Å². The Kier molecular flexibility index (Phi) is 1.30. The first-order valence-corrected chi connectivity index (χ1v) is 3.34. The first-order chi connectivity index (χ1) is 5.77. The third kappa shape index (κ3) is 0.914. The summed E-state index contributed by atoms with van der Waals surface area (Å²) < 4.78 is 0. The zero-order valence-corrected chi connectivity index (χ0v) is 6.03. The van der Waals surface area contributed by atoms with Gasteiger partial charge in [0.15, 0.2) is 0 Å². The Morgan fingerprint density at radius 3 is 2.83 bits per heavy atom. The van der Waals surface area contributed by atoms with E-state index in [4.69, 9.17) is 5.11 Å². The summed E-state index contributed by atoms with van der Waals surface area (Å²) in [7, 11) is 0. The molecule has 5 heteroatoms. The maximum absolute atomic E-state index is 10.6. The molecule has 0 aliphatic rings. The smallest absolute Gasteiger partial charge is 0.549 e. The standard InChI is InChI=1S/C7H5N3O2/c11-7(12)4-1-2-5-6(3-4)9-10-8-5/h1-3H,(H,11,12)(H,8,9,10)/p+1. The molecular formula is C7H6N3O2+. The molecule has 1 aromatic heterocycles. The van der Waals surface area contributed by atoms with Crippen LogP contribution >= 0.6 is 0 Å². The summed E-state index contributed by atoms with van der Waals surface area (Å²) in [6, 6.07) is 4.74. The minimum Gasteiger partial charge on any atom is -0.561 e. The quantitative estimate of drug-likeness (QED) is 0.593. The number of hydrogen-bond donors (Lipinski definition) is 1. The highest BCUT2D eigenvalue weighted by Crippen LogP contribution is 2.09. The Labute approximate surface area is 67.0 Å². The molecule has 0 fully saturated rings. The van der Waals surface area contributed by atoms with E-state index in [2.05, 4.69) is 15.4 Å². The number of H-pyrrole nitrogens is 1. The number of rotatable bonds is 1. The number of aromatic nitrogens is 3. The minimum absolute atomic E-state index is 0.330. The summed E-state index contributed by atoms with van der Waals surface area (Å²) in [5, 5.41) is 16.9. The monoisotopic (exact) mass is 164 g/mol. The average Bonchev–Trinajstić information content (AvgIpc) is 2.49. The van der Waals surface area contributed by atoms with Crippen molar-refractivity contribution in [3.8, 4) is 0 Å². The Balaban J connectivity index is 2.68. The summed E-state index contributed by atoms with van der Waals surface area (Å²) in [6.45, 7) is 0. The van der Waals surface area contributed by atoms with Crippen molar-refractivity contribution in [3.63, 3.8) is 0 Å². The predicted octanol–water partition coefficient (Wildman–Crippen LogP) is -0.177. The highest BCUT2D eigenvalue weighted by Gasteiger charge is 2.11. The number of nitrogens with one attached hydrogen (secondary N) is 1. The molecule has 3 N–H and O–H groups in total. The van der Waals surface area contributed by atoms with Crippen LogP contribution in [0, 0.1) is 0 Å². The van der Waals surface area contributed by atoms with E-state index in [1.54, 1.807) is 12.1 Å². The lowest BCUT2D eigenvalue weighted by molar-refractivity contribution is 0.0697. The Morgan fingerprint density at radius 1 is 1.33 bits per heavy atom. The van der Waals surface area contributed by atoms with Gasteiger partial charge >= 0.3 is 5.97 Å². The lowest BCUT2D eigenvalue weighted by Gasteiger charge is -1.86. The summed E-state index contributed by atoms with van der Waals surface area (Å²) in [5.74, 6) is -0.708. The average molecular weight is 164 g/mol. The maximum Gasteiger partial charge on any atom is 0.549 e. The van der Waals surface area contributed by atoms with E-state index in [1.807, 2.05) is 0 Å². The molecule has 0 bridgehead atoms. The van der Waals surface area contributed by atoms with Gasteiger partial charge in [-0.2, -0.15) is 15.4 Å². The molecule has 0 amide bonds. The summed E-state index contributed by atoms with van der Waals surface area (Å²) in [4.78, 5) is 10.6. The van der Waals surface area contributed by atoms with Crippen molar-refractivity contribution in [1.82, 2.24) is 15.4 Å². The van der Waals surface area contributed by atoms with E-state index in [0.29, 0.717) is 16.6 Å². The highest BCUT2D eigenvalue weighted by atomic mass is 16.4. The zero-order valence-electron chi connectivity index (χ0n) is 6.03. The first kappa shape index (κ1) is 6.78. The van der Waals surface area contributed by atoms with Gasteiger partial charge in [0.2, 0.25) is 0 Å². The summed E-state index contributed by atoms with van der Waals surface area (Å²) in [6.07, 6.45) is 0. The third-order valence-electron chi connectivity index (χ3n) is 1.58. The van der Waals surface area contributed by atoms with Crippen LogP contribution in [0.15, 0.2) is 18.2 Å². The van der Waals surface area contributed by atoms with Crippen LogP contribution in [0.1, 0.15) is 10.4 Å². The fourth-order valence-corrected chi connectivity index (χ4v) is 0.982. The molecule has 2 rings (SSSR count). The molecule has 1 aromatic carbocycles. The highest BCUT2D eigenvalue weighted by molar-refractivity contribution is 5.91. The second-order valence-corrected chi connectivity index (χ2v) is 2.36. The Hall–Kier alpha value is -1.91. The van der Waals surface area contributed by atoms with Crippen LogP contribution < -0.4 is 0 Å². The summed E-state index contributed by atoms with van der Waals surface area (Å²) in [5.41, 5.74) is 1.63. The number of aromatic amines is 1. The van der Waals surface area contributed by atoms with E-state index in [9.17, 15) is 4.79 Å². The van der Waals surface area contributed by atoms with Gasteiger partial charge in [-0.05, 0) is 18.2 Å². The van der Waals surface area contributed by atoms with E-state index in [1.165, 1.54) is 6.07 Å². The zero-order chi connectivity index (χ0) is 8.55. The van der Waals surface area contributed by atoms with Crippen molar-refractivity contribution in [1.29, 1.82) is 0 Å². The number of fused-ring (bicyclic) bond motifs is 1. The van der Waals surface area contributed by atoms with Crippen LogP contribution in [-0.4, -0.2) is 26.5 Å². The number of hydrogen-bond acceptors (Lipinski definition) is 3. The summed E-state index contributed by atoms with van der Waals surface area (Å²) >= 11 is 0. The predicted molar refractivity (Wildman–Crippen MR) is 41.8 cm³/mol. The number of carbonyl (C=O) groups is 1. The van der Waals surface area contributed by atoms with Gasteiger partial charge in [0.05, 0.1) is 0 Å². The molecule has 1 heterocycles. The molecule has 0 radical (unpaired) electrons. The lowest BCUT2D eigenvalue weighted by Crippen LogP contribution is -1.94. The van der Waals surface area contributed by atoms with Gasteiger partial charge < -0.3 is 5.11 Å². The molecule has 0 unspecified atom stereocenters. The molecule has 0 atom stereocenters. The van der Waals surface area contributed by atoms with Crippen LogP contribution in [0.25, 0.3) is 11.0 Å². The van der Waals surface area contributed by atoms with Gasteiger partial charge in [-0.25, -0.2) is 0 Å². The van der Waals surface area contributed by atoms with E-state index < -0.39 is 5.97 Å². The molecule has 60 valence electrons. The van der Waals surface area contributed by atoms with Gasteiger partial charge in [0.1, 0.15) is 16.6 Å². The van der Waals surface area contributed by atoms with Crippen molar-refractivity contribution < 1.29 is 9.90 Å². The van der Waals surface area contributed by atoms with E-state index in [0.717, 1.165) is 0 Å². The Bertz CT molecular complexity index is 435. The second kappa shape index (κ2) is 2.30. The van der Waals surface area contributed by atoms with Crippen molar-refractivity contribution in [2.45, 2.75) is 0 Å². The van der Waals surface area contributed by atoms with Crippen molar-refractivity contribution in [2.75, 3.05) is 0 Å². The third-order valence-corrected chi connectivity index (χ3v) is 1.58. The minimum atomic E-state index is -0.708. The topological polar surface area (TPSA) is 81.5 Å². The Morgan fingerprint density at radius 2 is 2.08 bits per heavy atom. The molecule has 5 nitrogen and oxygen atoms in total. The molecule has 0 aliphatic carbocycles. The lowest BCUT2D eigenvalue weighted by atomic mass is 10.2. The van der Waals surface area contributed by atoms with E-state index in [-0.39, 0.29) is 0 Å². The van der Waals surface area contributed by atoms with Crippen LogP contribution in [-0.2, 0) is 0 Å². The molecule has 2 aromatic rings. The normalized spacial score (nSPS) is 10.3. The van der Waals surface area contributed by atoms with Crippen molar-refractivity contribution in [2.24, 2.45) is 0 Å². The largest absolute Gasteiger partial charge is 0.561 e. The van der Waals surface area contributed by atoms with Crippen LogP contribution in [0.3, 0.4) is 0 Å². The van der Waals surface area contributed by atoms with Gasteiger partial charge in [-0.3, -0.25) is 0 Å². The van der Waals surface area contributed by atoms with E-state index >= 15 is 0 Å². The van der Waals surface area contributed by atoms with Crippen LogP contribution in [0.5, 0.6) is 0 Å². The first-order valence-electron chi connectivity index (χ1n) is 3.34. The maximum atomic E-state index is 10.6. The molecule has 0 spiro atoms. The number of nitrogens with zero attached hydrogens (tertiary/aromatic N) is 2. The molecule has 0 saturated heterocycles. The van der Waals surface area contributed by atoms with Crippen LogP contribution in [0.4, 0.5) is 0 Å². The van der Waals surface area contributed by atoms with Crippen molar-refractivity contribution >= 4 is 17.0 Å². The van der Waals surface area contributed by atoms with Gasteiger partial charge in [0.25, 0.3) is 0 Å². The van der Waals surface area contributed by atoms with Crippen molar-refractivity contribution in [3.05, 3.63) is 23.8 Å².